The Morgan fingerprint density at radius 3 is 2.64 bits per heavy atom. The van der Waals surface area contributed by atoms with Crippen LogP contribution in [0, 0.1) is 28.6 Å². The van der Waals surface area contributed by atoms with Crippen LogP contribution in [-0.4, -0.2) is 23.9 Å². The molecule has 4 fully saturated rings. The maximum absolute atomic E-state index is 9.25. The van der Waals surface area contributed by atoms with E-state index >= 15 is 0 Å². The van der Waals surface area contributed by atoms with E-state index in [9.17, 15) is 5.11 Å². The molecule has 28 heavy (non-hydrogen) atoms. The smallest absolute Gasteiger partial charge is 0.160 e. The summed E-state index contributed by atoms with van der Waals surface area (Å²) >= 11 is 0. The fourth-order valence-corrected chi connectivity index (χ4v) is 7.23. The van der Waals surface area contributed by atoms with Crippen molar-refractivity contribution in [3.63, 3.8) is 0 Å². The van der Waals surface area contributed by atoms with Gasteiger partial charge >= 0.3 is 0 Å². The molecule has 1 aromatic carbocycles. The van der Waals surface area contributed by atoms with Gasteiger partial charge in [0.05, 0.1) is 18.8 Å². The highest BCUT2D eigenvalue weighted by atomic mass is 16.6. The third-order valence-electron chi connectivity index (χ3n) is 8.80. The van der Waals surface area contributed by atoms with E-state index in [1.807, 2.05) is 12.1 Å². The summed E-state index contributed by atoms with van der Waals surface area (Å²) < 4.78 is 11.0. The predicted octanol–water partition coefficient (Wildman–Crippen LogP) is 5.76. The van der Waals surface area contributed by atoms with Crippen molar-refractivity contribution in [3.05, 3.63) is 36.4 Å². The number of methoxy groups -OCH3 is 1. The average Bonchev–Trinajstić information content (AvgIpc) is 3.14. The van der Waals surface area contributed by atoms with Gasteiger partial charge in [-0.15, -0.1) is 6.58 Å². The molecule has 5 rings (SSSR count). The summed E-state index contributed by atoms with van der Waals surface area (Å²) in [4.78, 5) is 0. The molecule has 0 radical (unpaired) electrons. The standard InChI is InChI=1S/C15H24O.C10H12O2/c1-9-5-6-10-13(2,3)11-7-15(9,10)8-12-14(11,4)16-12;1-3-4-8-5-6-9(11)10(7-8)12-2/h9-12H,5-8H2,1-4H3;3,5-7,11H,1,4H2,2H3. The first kappa shape index (κ1) is 19.8. The van der Waals surface area contributed by atoms with Gasteiger partial charge in [0, 0.05) is 0 Å². The second kappa shape index (κ2) is 6.52. The Kier molecular flexibility index (Phi) is 4.61. The molecule has 0 aromatic heterocycles. The van der Waals surface area contributed by atoms with Crippen molar-refractivity contribution in [2.75, 3.05) is 7.11 Å². The summed E-state index contributed by atoms with van der Waals surface area (Å²) in [7, 11) is 1.53. The number of allylic oxidation sites excluding steroid dienone is 1. The van der Waals surface area contributed by atoms with Gasteiger partial charge in [0.2, 0.25) is 0 Å². The van der Waals surface area contributed by atoms with Crippen molar-refractivity contribution in [2.45, 2.75) is 71.5 Å². The van der Waals surface area contributed by atoms with Gasteiger partial charge < -0.3 is 14.6 Å². The molecule has 3 heteroatoms. The van der Waals surface area contributed by atoms with Crippen molar-refractivity contribution >= 4 is 0 Å². The average molecular weight is 385 g/mol. The fraction of sp³-hybridized carbons (Fsp3) is 0.680. The molecule has 1 aliphatic heterocycles. The lowest BCUT2D eigenvalue weighted by Gasteiger charge is -2.37. The molecule has 6 unspecified atom stereocenters. The lowest BCUT2D eigenvalue weighted by atomic mass is 9.66. The summed E-state index contributed by atoms with van der Waals surface area (Å²) in [5, 5.41) is 9.25. The zero-order valence-electron chi connectivity index (χ0n) is 18.1. The van der Waals surface area contributed by atoms with E-state index in [0.29, 0.717) is 22.7 Å². The van der Waals surface area contributed by atoms with Crippen molar-refractivity contribution in [1.82, 2.24) is 0 Å². The second-order valence-corrected chi connectivity index (χ2v) is 10.3. The van der Waals surface area contributed by atoms with Gasteiger partial charge in [-0.05, 0) is 85.3 Å². The van der Waals surface area contributed by atoms with Crippen molar-refractivity contribution in [2.24, 2.45) is 28.6 Å². The predicted molar refractivity (Wildman–Crippen MR) is 113 cm³/mol. The Morgan fingerprint density at radius 2 is 1.96 bits per heavy atom. The zero-order chi connectivity index (χ0) is 20.3. The molecule has 3 aliphatic carbocycles. The minimum atomic E-state index is 0.172. The van der Waals surface area contributed by atoms with Gasteiger partial charge in [-0.25, -0.2) is 0 Å². The Morgan fingerprint density at radius 1 is 1.21 bits per heavy atom. The van der Waals surface area contributed by atoms with Crippen LogP contribution in [0.3, 0.4) is 0 Å². The SMILES string of the molecule is C=CCc1ccc(O)c(OC)c1.CC1CCC2C(C)(C)C3CC12CC1OC13C. The van der Waals surface area contributed by atoms with Gasteiger partial charge in [-0.2, -0.15) is 0 Å². The molecule has 1 saturated heterocycles. The lowest BCUT2D eigenvalue weighted by molar-refractivity contribution is 0.0866. The number of fused-ring (bicyclic) bond motifs is 3. The highest BCUT2D eigenvalue weighted by Crippen LogP contribution is 2.77. The topological polar surface area (TPSA) is 42.0 Å². The first-order valence-electron chi connectivity index (χ1n) is 10.8. The van der Waals surface area contributed by atoms with Crippen LogP contribution < -0.4 is 4.74 Å². The van der Waals surface area contributed by atoms with E-state index < -0.39 is 0 Å². The van der Waals surface area contributed by atoms with E-state index in [2.05, 4.69) is 34.3 Å². The van der Waals surface area contributed by atoms with E-state index in [4.69, 9.17) is 9.47 Å². The molecule has 6 atom stereocenters. The maximum atomic E-state index is 9.25. The Balaban J connectivity index is 0.000000145. The number of hydrogen-bond donors (Lipinski definition) is 1. The van der Waals surface area contributed by atoms with Crippen LogP contribution in [-0.2, 0) is 11.2 Å². The first-order valence-corrected chi connectivity index (χ1v) is 10.8. The zero-order valence-corrected chi connectivity index (χ0v) is 18.1. The number of rotatable bonds is 3. The van der Waals surface area contributed by atoms with Crippen LogP contribution in [0.5, 0.6) is 11.5 Å². The third-order valence-corrected chi connectivity index (χ3v) is 8.80. The molecule has 154 valence electrons. The minimum Gasteiger partial charge on any atom is -0.504 e. The number of phenols is 1. The molecule has 1 N–H and O–H groups in total. The summed E-state index contributed by atoms with van der Waals surface area (Å²) in [6, 6.07) is 5.27. The molecule has 1 aromatic rings. The molecule has 0 amide bonds. The number of phenolic OH excluding ortho intramolecular Hbond substituents is 1. The van der Waals surface area contributed by atoms with Crippen molar-refractivity contribution in [1.29, 1.82) is 0 Å². The largest absolute Gasteiger partial charge is 0.504 e. The van der Waals surface area contributed by atoms with Crippen LogP contribution in [0.4, 0.5) is 0 Å². The fourth-order valence-electron chi connectivity index (χ4n) is 7.23. The molecule has 1 heterocycles. The number of benzene rings is 1. The van der Waals surface area contributed by atoms with Gasteiger partial charge in [0.1, 0.15) is 0 Å². The maximum Gasteiger partial charge on any atom is 0.160 e. The molecule has 2 bridgehead atoms. The normalized spacial score (nSPS) is 41.3. The van der Waals surface area contributed by atoms with Gasteiger partial charge in [0.15, 0.2) is 11.5 Å². The van der Waals surface area contributed by atoms with Crippen LogP contribution in [0.2, 0.25) is 0 Å². The molecule has 1 spiro atoms. The summed E-state index contributed by atoms with van der Waals surface area (Å²) in [5.41, 5.74) is 2.53. The number of aromatic hydroxyl groups is 1. The first-order chi connectivity index (χ1) is 13.2. The van der Waals surface area contributed by atoms with E-state index in [1.165, 1.54) is 32.8 Å². The quantitative estimate of drug-likeness (QED) is 0.532. The molecule has 3 saturated carbocycles. The van der Waals surface area contributed by atoms with Gasteiger partial charge in [-0.1, -0.05) is 32.9 Å². The molecule has 4 aliphatic rings. The van der Waals surface area contributed by atoms with E-state index in [0.717, 1.165) is 29.7 Å². The number of ether oxygens (including phenoxy) is 2. The minimum absolute atomic E-state index is 0.172. The van der Waals surface area contributed by atoms with Crippen LogP contribution in [0.25, 0.3) is 0 Å². The highest BCUT2D eigenvalue weighted by molar-refractivity contribution is 5.42. The monoisotopic (exact) mass is 384 g/mol. The summed E-state index contributed by atoms with van der Waals surface area (Å²) in [6.45, 7) is 13.6. The van der Waals surface area contributed by atoms with Crippen LogP contribution in [0.15, 0.2) is 30.9 Å². The van der Waals surface area contributed by atoms with Gasteiger partial charge in [0.25, 0.3) is 0 Å². The Labute approximate surface area is 170 Å². The second-order valence-electron chi connectivity index (χ2n) is 10.3. The van der Waals surface area contributed by atoms with Crippen LogP contribution in [0.1, 0.15) is 58.9 Å². The Bertz CT molecular complexity index is 765. The molecular weight excluding hydrogens is 348 g/mol. The number of epoxide rings is 1. The summed E-state index contributed by atoms with van der Waals surface area (Å²) in [5.74, 6) is 3.43. The van der Waals surface area contributed by atoms with Crippen LogP contribution >= 0.6 is 0 Å². The van der Waals surface area contributed by atoms with E-state index in [1.54, 1.807) is 12.1 Å². The van der Waals surface area contributed by atoms with Crippen molar-refractivity contribution < 1.29 is 14.6 Å². The highest BCUT2D eigenvalue weighted by Gasteiger charge is 2.76. The van der Waals surface area contributed by atoms with E-state index in [-0.39, 0.29) is 11.4 Å². The third kappa shape index (κ3) is 2.73. The Hall–Kier alpha value is -1.48. The van der Waals surface area contributed by atoms with Gasteiger partial charge in [-0.3, -0.25) is 0 Å². The van der Waals surface area contributed by atoms with Crippen molar-refractivity contribution in [3.8, 4) is 11.5 Å². The number of hydrogen-bond acceptors (Lipinski definition) is 3. The molecule has 3 nitrogen and oxygen atoms in total. The lowest BCUT2D eigenvalue weighted by Crippen LogP contribution is -2.36. The molecular formula is C25H36O3. The summed E-state index contributed by atoms with van der Waals surface area (Å²) in [6.07, 6.45) is 8.98.